The summed E-state index contributed by atoms with van der Waals surface area (Å²) < 4.78 is 5.29. The number of hydrazone groups is 1. The standard InChI is InChI=1S/C15H15N3O4/c1-9-8-14(11(3)22-9)15(19)17-16-10(2)12-4-6-13(7-5-12)18(20)21/h4-8H,1-3H3,(H,17,19)/b16-10-. The Labute approximate surface area is 126 Å². The summed E-state index contributed by atoms with van der Waals surface area (Å²) in [6.45, 7) is 5.17. The number of amides is 1. The van der Waals surface area contributed by atoms with Gasteiger partial charge < -0.3 is 4.42 Å². The van der Waals surface area contributed by atoms with Gasteiger partial charge in [-0.1, -0.05) is 0 Å². The lowest BCUT2D eigenvalue weighted by atomic mass is 10.1. The molecule has 22 heavy (non-hydrogen) atoms. The van der Waals surface area contributed by atoms with Crippen LogP contribution in [0.4, 0.5) is 5.69 Å². The maximum Gasteiger partial charge on any atom is 0.274 e. The lowest BCUT2D eigenvalue weighted by Crippen LogP contribution is -2.19. The zero-order chi connectivity index (χ0) is 16.3. The van der Waals surface area contributed by atoms with Gasteiger partial charge in [0.25, 0.3) is 11.6 Å². The highest BCUT2D eigenvalue weighted by Crippen LogP contribution is 2.14. The quantitative estimate of drug-likeness (QED) is 0.533. The normalized spacial score (nSPS) is 11.3. The van der Waals surface area contributed by atoms with E-state index < -0.39 is 4.92 Å². The number of carbonyl (C=O) groups is 1. The highest BCUT2D eigenvalue weighted by atomic mass is 16.6. The molecule has 0 radical (unpaired) electrons. The topological polar surface area (TPSA) is 97.7 Å². The fraction of sp³-hybridized carbons (Fsp3) is 0.200. The molecule has 0 aliphatic rings. The van der Waals surface area contributed by atoms with Crippen molar-refractivity contribution in [3.8, 4) is 0 Å². The average molecular weight is 301 g/mol. The molecule has 7 heteroatoms. The highest BCUT2D eigenvalue weighted by Gasteiger charge is 2.13. The van der Waals surface area contributed by atoms with Gasteiger partial charge >= 0.3 is 0 Å². The van der Waals surface area contributed by atoms with E-state index in [-0.39, 0.29) is 11.6 Å². The predicted octanol–water partition coefficient (Wildman–Crippen LogP) is 2.96. The number of nitrogens with zero attached hydrogens (tertiary/aromatic N) is 2. The second-order valence-electron chi connectivity index (χ2n) is 4.77. The number of nitro benzene ring substituents is 1. The number of rotatable bonds is 4. The Kier molecular flexibility index (Phi) is 4.36. The van der Waals surface area contributed by atoms with E-state index in [4.69, 9.17) is 4.42 Å². The maximum absolute atomic E-state index is 12.0. The molecule has 2 aromatic rings. The Bertz CT molecular complexity index is 745. The summed E-state index contributed by atoms with van der Waals surface area (Å²) in [4.78, 5) is 22.1. The molecule has 1 N–H and O–H groups in total. The lowest BCUT2D eigenvalue weighted by molar-refractivity contribution is -0.384. The van der Waals surface area contributed by atoms with Crippen molar-refractivity contribution >= 4 is 17.3 Å². The molecule has 0 aliphatic heterocycles. The van der Waals surface area contributed by atoms with E-state index in [0.29, 0.717) is 28.4 Å². The number of non-ortho nitro benzene ring substituents is 1. The molecule has 1 heterocycles. The van der Waals surface area contributed by atoms with Crippen LogP contribution in [-0.2, 0) is 0 Å². The van der Waals surface area contributed by atoms with Crippen molar-refractivity contribution in [2.75, 3.05) is 0 Å². The van der Waals surface area contributed by atoms with Crippen LogP contribution in [0.2, 0.25) is 0 Å². The maximum atomic E-state index is 12.0. The Hall–Kier alpha value is -2.96. The van der Waals surface area contributed by atoms with Crippen LogP contribution in [0.5, 0.6) is 0 Å². The number of aryl methyl sites for hydroxylation is 2. The summed E-state index contributed by atoms with van der Waals surface area (Å²) in [5, 5.41) is 14.6. The molecule has 0 unspecified atom stereocenters. The van der Waals surface area contributed by atoms with Crippen LogP contribution < -0.4 is 5.43 Å². The summed E-state index contributed by atoms with van der Waals surface area (Å²) in [6, 6.07) is 7.58. The predicted molar refractivity (Wildman–Crippen MR) is 81.0 cm³/mol. The van der Waals surface area contributed by atoms with Crippen LogP contribution in [0.1, 0.15) is 34.4 Å². The number of benzene rings is 1. The SMILES string of the molecule is C/C(=N/NC(=O)c1cc(C)oc1C)c1ccc([N+](=O)[O-])cc1. The van der Waals surface area contributed by atoms with E-state index in [9.17, 15) is 14.9 Å². The fourth-order valence-electron chi connectivity index (χ4n) is 1.94. The van der Waals surface area contributed by atoms with E-state index in [1.165, 1.54) is 12.1 Å². The van der Waals surface area contributed by atoms with Crippen LogP contribution in [0.3, 0.4) is 0 Å². The minimum atomic E-state index is -0.470. The molecule has 0 saturated heterocycles. The number of furan rings is 1. The van der Waals surface area contributed by atoms with Crippen LogP contribution in [0, 0.1) is 24.0 Å². The minimum absolute atomic E-state index is 0.00471. The van der Waals surface area contributed by atoms with E-state index in [0.717, 1.165) is 0 Å². The van der Waals surface area contributed by atoms with Gasteiger partial charge in [0.05, 0.1) is 16.2 Å². The Morgan fingerprint density at radius 1 is 1.27 bits per heavy atom. The molecule has 1 aromatic carbocycles. The summed E-state index contributed by atoms with van der Waals surface area (Å²) in [7, 11) is 0. The van der Waals surface area contributed by atoms with Gasteiger partial charge in [-0.05, 0) is 44.5 Å². The molecule has 114 valence electrons. The van der Waals surface area contributed by atoms with Crippen LogP contribution in [0.15, 0.2) is 39.9 Å². The number of nitro groups is 1. The van der Waals surface area contributed by atoms with Crippen molar-refractivity contribution in [3.05, 3.63) is 63.1 Å². The number of hydrogen-bond acceptors (Lipinski definition) is 5. The molecule has 7 nitrogen and oxygen atoms in total. The van der Waals surface area contributed by atoms with Gasteiger partial charge in [0, 0.05) is 12.1 Å². The molecule has 0 fully saturated rings. The summed E-state index contributed by atoms with van der Waals surface area (Å²) in [6.07, 6.45) is 0. The molecule has 0 aliphatic carbocycles. The fourth-order valence-corrected chi connectivity index (χ4v) is 1.94. The van der Waals surface area contributed by atoms with Gasteiger partial charge in [0.15, 0.2) is 0 Å². The van der Waals surface area contributed by atoms with Gasteiger partial charge in [-0.2, -0.15) is 5.10 Å². The third-order valence-corrected chi connectivity index (χ3v) is 3.11. The van der Waals surface area contributed by atoms with Crippen molar-refractivity contribution in [2.45, 2.75) is 20.8 Å². The first-order chi connectivity index (χ1) is 10.4. The Morgan fingerprint density at radius 3 is 2.41 bits per heavy atom. The second-order valence-corrected chi connectivity index (χ2v) is 4.77. The van der Waals surface area contributed by atoms with Gasteiger partial charge in [0.2, 0.25) is 0 Å². The third kappa shape index (κ3) is 3.38. The average Bonchev–Trinajstić information content (AvgIpc) is 2.83. The van der Waals surface area contributed by atoms with Crippen LogP contribution in [0.25, 0.3) is 0 Å². The molecule has 0 atom stereocenters. The summed E-state index contributed by atoms with van der Waals surface area (Å²) >= 11 is 0. The number of nitrogens with one attached hydrogen (secondary N) is 1. The molecule has 2 rings (SSSR count). The van der Waals surface area contributed by atoms with Gasteiger partial charge in [-0.15, -0.1) is 0 Å². The highest BCUT2D eigenvalue weighted by molar-refractivity contribution is 6.01. The third-order valence-electron chi connectivity index (χ3n) is 3.11. The first-order valence-corrected chi connectivity index (χ1v) is 6.55. The largest absolute Gasteiger partial charge is 0.466 e. The van der Waals surface area contributed by atoms with Crippen molar-refractivity contribution in [1.29, 1.82) is 0 Å². The first kappa shape index (κ1) is 15.4. The van der Waals surface area contributed by atoms with Gasteiger partial charge in [-0.25, -0.2) is 5.43 Å². The van der Waals surface area contributed by atoms with Crippen molar-refractivity contribution < 1.29 is 14.1 Å². The molecule has 1 amide bonds. The van der Waals surface area contributed by atoms with E-state index in [1.807, 2.05) is 0 Å². The zero-order valence-electron chi connectivity index (χ0n) is 12.4. The monoisotopic (exact) mass is 301 g/mol. The Morgan fingerprint density at radius 2 is 1.91 bits per heavy atom. The molecule has 0 saturated carbocycles. The summed E-state index contributed by atoms with van der Waals surface area (Å²) in [5.41, 5.74) is 4.11. The van der Waals surface area contributed by atoms with E-state index >= 15 is 0 Å². The summed E-state index contributed by atoms with van der Waals surface area (Å²) in [5.74, 6) is 0.813. The second kappa shape index (κ2) is 6.21. The zero-order valence-corrected chi connectivity index (χ0v) is 12.4. The molecular formula is C15H15N3O4. The lowest BCUT2D eigenvalue weighted by Gasteiger charge is -2.02. The number of hydrogen-bond donors (Lipinski definition) is 1. The van der Waals surface area contributed by atoms with Gasteiger partial charge in [-0.3, -0.25) is 14.9 Å². The molecule has 0 bridgehead atoms. The van der Waals surface area contributed by atoms with Crippen molar-refractivity contribution in [2.24, 2.45) is 5.10 Å². The van der Waals surface area contributed by atoms with E-state index in [1.54, 1.807) is 39.0 Å². The van der Waals surface area contributed by atoms with Crippen LogP contribution in [-0.4, -0.2) is 16.5 Å². The van der Waals surface area contributed by atoms with Crippen molar-refractivity contribution in [1.82, 2.24) is 5.43 Å². The number of carbonyl (C=O) groups excluding carboxylic acids is 1. The Balaban J connectivity index is 2.10. The van der Waals surface area contributed by atoms with Crippen LogP contribution >= 0.6 is 0 Å². The minimum Gasteiger partial charge on any atom is -0.466 e. The first-order valence-electron chi connectivity index (χ1n) is 6.55. The van der Waals surface area contributed by atoms with E-state index in [2.05, 4.69) is 10.5 Å². The smallest absolute Gasteiger partial charge is 0.274 e. The molecule has 0 spiro atoms. The van der Waals surface area contributed by atoms with Crippen molar-refractivity contribution in [3.63, 3.8) is 0 Å². The van der Waals surface area contributed by atoms with Gasteiger partial charge in [0.1, 0.15) is 11.5 Å². The molecular weight excluding hydrogens is 286 g/mol. The molecule has 1 aromatic heterocycles.